The highest BCUT2D eigenvalue weighted by atomic mass is 16.5. The van der Waals surface area contributed by atoms with E-state index in [0.717, 1.165) is 19.3 Å². The number of carbonyl (C=O) groups is 4. The Bertz CT molecular complexity index is 747. The summed E-state index contributed by atoms with van der Waals surface area (Å²) in [5.74, 6) is -3.94. The molecule has 2 fully saturated rings. The number of ketones is 2. The summed E-state index contributed by atoms with van der Waals surface area (Å²) in [7, 11) is 0. The first-order valence-electron chi connectivity index (χ1n) is 9.25. The highest BCUT2D eigenvalue weighted by Crippen LogP contribution is 2.44. The largest absolute Gasteiger partial charge is 0.316 e. The zero-order valence-electron chi connectivity index (χ0n) is 15.1. The molecule has 8 nitrogen and oxygen atoms in total. The summed E-state index contributed by atoms with van der Waals surface area (Å²) < 4.78 is 0. The zero-order chi connectivity index (χ0) is 19.6. The van der Waals surface area contributed by atoms with Crippen LogP contribution in [0.2, 0.25) is 0 Å². The Hall–Kier alpha value is -2.61. The molecule has 27 heavy (non-hydrogen) atoms. The van der Waals surface area contributed by atoms with E-state index in [4.69, 9.17) is 5.21 Å². The Labute approximate surface area is 156 Å². The molecule has 1 aromatic heterocycles. The lowest BCUT2D eigenvalue weighted by atomic mass is 9.87. The van der Waals surface area contributed by atoms with E-state index in [1.54, 1.807) is 17.6 Å². The van der Waals surface area contributed by atoms with Gasteiger partial charge in [0.15, 0.2) is 0 Å². The number of nitrogens with zero attached hydrogens (tertiary/aromatic N) is 2. The number of hydroxylamine groups is 1. The van der Waals surface area contributed by atoms with E-state index >= 15 is 0 Å². The number of rotatable bonds is 8. The van der Waals surface area contributed by atoms with Crippen LogP contribution in [-0.4, -0.2) is 44.5 Å². The van der Waals surface area contributed by atoms with Gasteiger partial charge in [-0.1, -0.05) is 19.8 Å². The van der Waals surface area contributed by atoms with E-state index in [1.165, 1.54) is 17.3 Å². The van der Waals surface area contributed by atoms with Gasteiger partial charge in [-0.3, -0.25) is 29.4 Å². The van der Waals surface area contributed by atoms with Crippen molar-refractivity contribution in [2.45, 2.75) is 51.1 Å². The van der Waals surface area contributed by atoms with E-state index < -0.39 is 35.6 Å². The van der Waals surface area contributed by atoms with E-state index in [1.807, 2.05) is 6.92 Å². The van der Waals surface area contributed by atoms with Crippen molar-refractivity contribution in [3.8, 4) is 0 Å². The number of hydrogen-bond donors (Lipinski definition) is 2. The first-order valence-corrected chi connectivity index (χ1v) is 9.25. The number of likely N-dealkylation sites (tertiary alicyclic amines) is 1. The van der Waals surface area contributed by atoms with Gasteiger partial charge in [0.05, 0.1) is 6.04 Å². The van der Waals surface area contributed by atoms with Crippen LogP contribution in [0.15, 0.2) is 24.5 Å². The Morgan fingerprint density at radius 3 is 2.52 bits per heavy atom. The fourth-order valence-corrected chi connectivity index (χ4v) is 3.71. The minimum Gasteiger partial charge on any atom is -0.316 e. The molecule has 0 aromatic carbocycles. The fraction of sp³-hybridized carbons (Fsp3) is 0.526. The lowest BCUT2D eigenvalue weighted by Crippen LogP contribution is -2.48. The Morgan fingerprint density at radius 2 is 1.96 bits per heavy atom. The molecule has 2 N–H and O–H groups in total. The first-order chi connectivity index (χ1) is 13.0. The predicted molar refractivity (Wildman–Crippen MR) is 93.3 cm³/mol. The number of carbonyl (C=O) groups excluding carboxylic acids is 4. The van der Waals surface area contributed by atoms with Gasteiger partial charge in [-0.15, -0.1) is 0 Å². The number of hydrogen-bond acceptors (Lipinski definition) is 6. The number of aromatic nitrogens is 1. The van der Waals surface area contributed by atoms with Crippen LogP contribution in [0.5, 0.6) is 0 Å². The van der Waals surface area contributed by atoms with Gasteiger partial charge in [-0.05, 0) is 37.0 Å². The van der Waals surface area contributed by atoms with Crippen molar-refractivity contribution in [3.63, 3.8) is 0 Å². The van der Waals surface area contributed by atoms with Gasteiger partial charge >= 0.3 is 0 Å². The van der Waals surface area contributed by atoms with Gasteiger partial charge in [0, 0.05) is 18.3 Å². The zero-order valence-corrected chi connectivity index (χ0v) is 15.1. The standard InChI is InChI=1S/C19H23N3O5/c1-2-3-4-13(18(25)21-27)22-15(11-7-9-20-10-8-11)14(17(24)19(22)26)16(23)12-5-6-12/h7-10,12-15,27H,2-6H2,1H3,(H,21,25). The molecule has 1 saturated heterocycles. The van der Waals surface area contributed by atoms with E-state index in [9.17, 15) is 19.2 Å². The topological polar surface area (TPSA) is 117 Å². The van der Waals surface area contributed by atoms with Gasteiger partial charge in [0.25, 0.3) is 11.8 Å². The monoisotopic (exact) mass is 373 g/mol. The van der Waals surface area contributed by atoms with Crippen LogP contribution in [0.25, 0.3) is 0 Å². The molecule has 2 aliphatic rings. The maximum atomic E-state index is 12.8. The summed E-state index contributed by atoms with van der Waals surface area (Å²) in [6, 6.07) is 1.40. The van der Waals surface area contributed by atoms with Crippen LogP contribution in [0.1, 0.15) is 50.6 Å². The summed E-state index contributed by atoms with van der Waals surface area (Å²) in [6.07, 6.45) is 6.16. The normalized spacial score (nSPS) is 23.4. The number of unbranched alkanes of at least 4 members (excludes halogenated alkanes) is 1. The number of amides is 2. The highest BCUT2D eigenvalue weighted by molar-refractivity contribution is 6.43. The van der Waals surface area contributed by atoms with Crippen molar-refractivity contribution >= 4 is 23.4 Å². The maximum absolute atomic E-state index is 12.8. The number of nitrogens with one attached hydrogen (secondary N) is 1. The summed E-state index contributed by atoms with van der Waals surface area (Å²) in [5, 5.41) is 9.15. The van der Waals surface area contributed by atoms with Gasteiger partial charge in [-0.25, -0.2) is 5.48 Å². The van der Waals surface area contributed by atoms with Gasteiger partial charge in [0.1, 0.15) is 17.7 Å². The van der Waals surface area contributed by atoms with Crippen LogP contribution in [0.4, 0.5) is 0 Å². The molecular weight excluding hydrogens is 350 g/mol. The highest BCUT2D eigenvalue weighted by Gasteiger charge is 2.56. The van der Waals surface area contributed by atoms with Crippen LogP contribution in [-0.2, 0) is 19.2 Å². The number of pyridine rings is 1. The smallest absolute Gasteiger partial charge is 0.292 e. The molecule has 8 heteroatoms. The predicted octanol–water partition coefficient (Wildman–Crippen LogP) is 1.19. The average Bonchev–Trinajstić information content (AvgIpc) is 3.50. The third kappa shape index (κ3) is 3.62. The van der Waals surface area contributed by atoms with Crippen molar-refractivity contribution < 1.29 is 24.4 Å². The summed E-state index contributed by atoms with van der Waals surface area (Å²) in [4.78, 5) is 55.8. The molecule has 0 spiro atoms. The van der Waals surface area contributed by atoms with Crippen molar-refractivity contribution in [1.29, 1.82) is 0 Å². The molecule has 2 heterocycles. The molecule has 144 valence electrons. The second-order valence-corrected chi connectivity index (χ2v) is 7.09. The van der Waals surface area contributed by atoms with Crippen molar-refractivity contribution in [2.24, 2.45) is 11.8 Å². The van der Waals surface area contributed by atoms with Crippen LogP contribution in [0.3, 0.4) is 0 Å². The Balaban J connectivity index is 2.05. The lowest BCUT2D eigenvalue weighted by molar-refractivity contribution is -0.147. The van der Waals surface area contributed by atoms with E-state index in [2.05, 4.69) is 4.98 Å². The Morgan fingerprint density at radius 1 is 1.30 bits per heavy atom. The van der Waals surface area contributed by atoms with Crippen molar-refractivity contribution in [2.75, 3.05) is 0 Å². The van der Waals surface area contributed by atoms with Gasteiger partial charge in [-0.2, -0.15) is 0 Å². The summed E-state index contributed by atoms with van der Waals surface area (Å²) >= 11 is 0. The molecule has 3 rings (SSSR count). The third-order valence-electron chi connectivity index (χ3n) is 5.26. The Kier molecular flexibility index (Phi) is 5.65. The molecule has 0 bridgehead atoms. The molecule has 1 aliphatic heterocycles. The molecule has 1 saturated carbocycles. The molecule has 0 radical (unpaired) electrons. The second-order valence-electron chi connectivity index (χ2n) is 7.09. The van der Waals surface area contributed by atoms with E-state index in [-0.39, 0.29) is 18.1 Å². The third-order valence-corrected chi connectivity index (χ3v) is 5.26. The van der Waals surface area contributed by atoms with Crippen molar-refractivity contribution in [3.05, 3.63) is 30.1 Å². The van der Waals surface area contributed by atoms with Gasteiger partial charge in [0.2, 0.25) is 5.78 Å². The minimum absolute atomic E-state index is 0.197. The van der Waals surface area contributed by atoms with Crippen LogP contribution in [0, 0.1) is 11.8 Å². The molecule has 3 unspecified atom stereocenters. The second kappa shape index (κ2) is 7.96. The minimum atomic E-state index is -1.12. The molecule has 1 aromatic rings. The van der Waals surface area contributed by atoms with E-state index in [0.29, 0.717) is 12.0 Å². The summed E-state index contributed by atoms with van der Waals surface area (Å²) in [5.41, 5.74) is 2.18. The lowest BCUT2D eigenvalue weighted by Gasteiger charge is -2.33. The number of Topliss-reactive ketones (excluding diaryl/α,β-unsaturated/α-hetero) is 2. The molecular formula is C19H23N3O5. The molecule has 3 atom stereocenters. The quantitative estimate of drug-likeness (QED) is 0.306. The van der Waals surface area contributed by atoms with Crippen molar-refractivity contribution in [1.82, 2.24) is 15.4 Å². The average molecular weight is 373 g/mol. The maximum Gasteiger partial charge on any atom is 0.292 e. The summed E-state index contributed by atoms with van der Waals surface area (Å²) in [6.45, 7) is 1.94. The first kappa shape index (κ1) is 19.2. The SMILES string of the molecule is CCCCC(C(=O)NO)N1C(=O)C(=O)C(C(=O)C2CC2)C1c1ccncc1. The van der Waals surface area contributed by atoms with Crippen LogP contribution >= 0.6 is 0 Å². The molecule has 2 amide bonds. The van der Waals surface area contributed by atoms with Gasteiger partial charge < -0.3 is 4.90 Å². The fourth-order valence-electron chi connectivity index (χ4n) is 3.71. The van der Waals surface area contributed by atoms with Crippen LogP contribution < -0.4 is 5.48 Å². The molecule has 1 aliphatic carbocycles.